The quantitative estimate of drug-likeness (QED) is 0.826. The van der Waals surface area contributed by atoms with Crippen molar-refractivity contribution in [2.24, 2.45) is 5.73 Å². The summed E-state index contributed by atoms with van der Waals surface area (Å²) in [5.41, 5.74) is 8.03. The predicted molar refractivity (Wildman–Crippen MR) is 85.9 cm³/mol. The first-order valence-electron chi connectivity index (χ1n) is 7.67. The van der Waals surface area contributed by atoms with Crippen LogP contribution in [-0.2, 0) is 6.42 Å². The minimum atomic E-state index is 0.210. The molecule has 0 bridgehead atoms. The molecule has 3 heteroatoms. The molecule has 1 aromatic carbocycles. The average Bonchev–Trinajstić information content (AvgIpc) is 2.34. The van der Waals surface area contributed by atoms with Gasteiger partial charge < -0.3 is 15.5 Å². The molecule has 1 saturated carbocycles. The Morgan fingerprint density at radius 2 is 1.80 bits per heavy atom. The van der Waals surface area contributed by atoms with Crippen LogP contribution in [-0.4, -0.2) is 55.6 Å². The summed E-state index contributed by atoms with van der Waals surface area (Å²) < 4.78 is 0. The van der Waals surface area contributed by atoms with Crippen LogP contribution >= 0.6 is 0 Å². The van der Waals surface area contributed by atoms with E-state index in [0.29, 0.717) is 5.54 Å². The molecule has 2 rings (SSSR count). The molecule has 1 aromatic rings. The third-order valence-electron chi connectivity index (χ3n) is 4.68. The van der Waals surface area contributed by atoms with Crippen LogP contribution in [0.2, 0.25) is 0 Å². The lowest BCUT2D eigenvalue weighted by atomic mass is 9.75. The fourth-order valence-corrected chi connectivity index (χ4v) is 3.28. The molecule has 0 aliphatic heterocycles. The van der Waals surface area contributed by atoms with Crippen LogP contribution in [0.1, 0.15) is 24.8 Å². The lowest BCUT2D eigenvalue weighted by molar-refractivity contribution is 0.0266. The van der Waals surface area contributed by atoms with Gasteiger partial charge in [-0.15, -0.1) is 0 Å². The van der Waals surface area contributed by atoms with Crippen molar-refractivity contribution in [3.8, 4) is 0 Å². The Bertz CT molecular complexity index is 398. The summed E-state index contributed by atoms with van der Waals surface area (Å²) in [6, 6.07) is 10.8. The molecule has 1 atom stereocenters. The van der Waals surface area contributed by atoms with Crippen LogP contribution in [0.3, 0.4) is 0 Å². The number of benzene rings is 1. The highest BCUT2D eigenvalue weighted by atomic mass is 15.2. The maximum absolute atomic E-state index is 6.31. The van der Waals surface area contributed by atoms with Crippen molar-refractivity contribution in [3.63, 3.8) is 0 Å². The van der Waals surface area contributed by atoms with Crippen molar-refractivity contribution in [1.82, 2.24) is 9.80 Å². The Kier molecular flexibility index (Phi) is 5.19. The number of nitrogens with zero attached hydrogens (tertiary/aromatic N) is 2. The van der Waals surface area contributed by atoms with Crippen molar-refractivity contribution in [3.05, 3.63) is 35.9 Å². The van der Waals surface area contributed by atoms with Crippen molar-refractivity contribution in [1.29, 1.82) is 0 Å². The van der Waals surface area contributed by atoms with E-state index in [1.165, 1.54) is 24.8 Å². The summed E-state index contributed by atoms with van der Waals surface area (Å²) in [6.45, 7) is 2.09. The molecule has 3 nitrogen and oxygen atoms in total. The first-order valence-corrected chi connectivity index (χ1v) is 7.67. The van der Waals surface area contributed by atoms with E-state index >= 15 is 0 Å². The molecule has 0 saturated heterocycles. The fraction of sp³-hybridized carbons (Fsp3) is 0.647. The number of hydrogen-bond acceptors (Lipinski definition) is 3. The lowest BCUT2D eigenvalue weighted by Crippen LogP contribution is -2.57. The van der Waals surface area contributed by atoms with Gasteiger partial charge in [-0.05, 0) is 52.4 Å². The van der Waals surface area contributed by atoms with Gasteiger partial charge in [0, 0.05) is 24.7 Å². The van der Waals surface area contributed by atoms with Crippen molar-refractivity contribution in [2.75, 3.05) is 34.2 Å². The number of rotatable bonds is 7. The van der Waals surface area contributed by atoms with E-state index in [-0.39, 0.29) is 6.04 Å². The van der Waals surface area contributed by atoms with E-state index in [0.717, 1.165) is 19.5 Å². The smallest absolute Gasteiger partial charge is 0.0330 e. The van der Waals surface area contributed by atoms with Crippen LogP contribution in [0, 0.1) is 0 Å². The van der Waals surface area contributed by atoms with E-state index in [1.54, 1.807) is 0 Å². The van der Waals surface area contributed by atoms with Crippen LogP contribution in [0.5, 0.6) is 0 Å². The van der Waals surface area contributed by atoms with E-state index in [9.17, 15) is 0 Å². The second-order valence-electron chi connectivity index (χ2n) is 6.62. The predicted octanol–water partition coefficient (Wildman–Crippen LogP) is 1.97. The van der Waals surface area contributed by atoms with E-state index in [2.05, 4.69) is 61.3 Å². The molecule has 0 spiro atoms. The Morgan fingerprint density at radius 3 is 2.30 bits per heavy atom. The van der Waals surface area contributed by atoms with Crippen molar-refractivity contribution < 1.29 is 0 Å². The van der Waals surface area contributed by atoms with Gasteiger partial charge >= 0.3 is 0 Å². The highest BCUT2D eigenvalue weighted by molar-refractivity contribution is 5.15. The van der Waals surface area contributed by atoms with Gasteiger partial charge in [0.1, 0.15) is 0 Å². The van der Waals surface area contributed by atoms with E-state index in [1.807, 2.05) is 0 Å². The van der Waals surface area contributed by atoms with Gasteiger partial charge in [-0.3, -0.25) is 0 Å². The zero-order valence-corrected chi connectivity index (χ0v) is 13.2. The van der Waals surface area contributed by atoms with Crippen LogP contribution in [0.4, 0.5) is 0 Å². The van der Waals surface area contributed by atoms with Crippen molar-refractivity contribution >= 4 is 0 Å². The summed E-state index contributed by atoms with van der Waals surface area (Å²) in [5.74, 6) is 0. The topological polar surface area (TPSA) is 32.5 Å². The molecule has 0 heterocycles. The van der Waals surface area contributed by atoms with Gasteiger partial charge in [0.25, 0.3) is 0 Å². The summed E-state index contributed by atoms with van der Waals surface area (Å²) in [7, 11) is 6.61. The molecule has 0 amide bonds. The zero-order valence-electron chi connectivity index (χ0n) is 13.2. The van der Waals surface area contributed by atoms with Crippen LogP contribution in [0.15, 0.2) is 30.3 Å². The molecule has 20 heavy (non-hydrogen) atoms. The summed E-state index contributed by atoms with van der Waals surface area (Å²) in [4.78, 5) is 4.81. The highest BCUT2D eigenvalue weighted by Gasteiger charge is 2.39. The summed E-state index contributed by atoms with van der Waals surface area (Å²) in [5, 5.41) is 0. The molecule has 2 N–H and O–H groups in total. The molecular weight excluding hydrogens is 246 g/mol. The van der Waals surface area contributed by atoms with Gasteiger partial charge in [0.15, 0.2) is 0 Å². The largest absolute Gasteiger partial charge is 0.326 e. The first-order chi connectivity index (χ1) is 9.52. The molecule has 1 fully saturated rings. The normalized spacial score (nSPS) is 19.1. The molecule has 112 valence electrons. The third kappa shape index (κ3) is 3.81. The minimum Gasteiger partial charge on any atom is -0.326 e. The molecule has 0 radical (unpaired) electrons. The standard InChI is InChI=1S/C17H29N3/c1-19(2)17(10-7-11-17)14-20(3)13-16(18)12-15-8-5-4-6-9-15/h4-6,8-9,16H,7,10-14,18H2,1-3H3. The number of hydrogen-bond donors (Lipinski definition) is 1. The third-order valence-corrected chi connectivity index (χ3v) is 4.68. The summed E-state index contributed by atoms with van der Waals surface area (Å²) in [6.07, 6.45) is 4.96. The first kappa shape index (κ1) is 15.5. The summed E-state index contributed by atoms with van der Waals surface area (Å²) >= 11 is 0. The lowest BCUT2D eigenvalue weighted by Gasteiger charge is -2.49. The van der Waals surface area contributed by atoms with Crippen molar-refractivity contribution in [2.45, 2.75) is 37.3 Å². The second kappa shape index (κ2) is 6.70. The van der Waals surface area contributed by atoms with E-state index in [4.69, 9.17) is 5.73 Å². The Hall–Kier alpha value is -0.900. The molecule has 1 aliphatic carbocycles. The molecule has 1 unspecified atom stereocenters. The molecular formula is C17H29N3. The van der Waals surface area contributed by atoms with Crippen LogP contribution < -0.4 is 5.73 Å². The van der Waals surface area contributed by atoms with E-state index < -0.39 is 0 Å². The Labute approximate surface area is 123 Å². The van der Waals surface area contributed by atoms with Gasteiger partial charge in [-0.2, -0.15) is 0 Å². The zero-order chi connectivity index (χ0) is 14.6. The number of nitrogens with two attached hydrogens (primary N) is 1. The number of likely N-dealkylation sites (N-methyl/N-ethyl adjacent to an activating group) is 2. The van der Waals surface area contributed by atoms with Gasteiger partial charge in [0.2, 0.25) is 0 Å². The highest BCUT2D eigenvalue weighted by Crippen LogP contribution is 2.36. The average molecular weight is 275 g/mol. The maximum atomic E-state index is 6.31. The van der Waals surface area contributed by atoms with Gasteiger partial charge in [0.05, 0.1) is 0 Å². The van der Waals surface area contributed by atoms with Gasteiger partial charge in [-0.25, -0.2) is 0 Å². The Morgan fingerprint density at radius 1 is 1.15 bits per heavy atom. The van der Waals surface area contributed by atoms with Crippen LogP contribution in [0.25, 0.3) is 0 Å². The van der Waals surface area contributed by atoms with Gasteiger partial charge in [-0.1, -0.05) is 30.3 Å². The molecule has 1 aliphatic rings. The molecule has 0 aromatic heterocycles. The second-order valence-corrected chi connectivity index (χ2v) is 6.62. The SMILES string of the molecule is CN(CC(N)Cc1ccccc1)CC1(N(C)C)CCC1. The minimum absolute atomic E-state index is 0.210. The Balaban J connectivity index is 1.80. The fourth-order valence-electron chi connectivity index (χ4n) is 3.28. The monoisotopic (exact) mass is 275 g/mol. The maximum Gasteiger partial charge on any atom is 0.0330 e.